The van der Waals surface area contributed by atoms with Gasteiger partial charge < -0.3 is 9.32 Å². The lowest BCUT2D eigenvalue weighted by Gasteiger charge is -2.32. The van der Waals surface area contributed by atoms with E-state index in [1.54, 1.807) is 0 Å². The molecule has 0 radical (unpaired) electrons. The average Bonchev–Trinajstić information content (AvgIpc) is 4.06. The van der Waals surface area contributed by atoms with Crippen molar-refractivity contribution in [2.24, 2.45) is 0 Å². The highest BCUT2D eigenvalue weighted by Gasteiger charge is 2.52. The van der Waals surface area contributed by atoms with Crippen molar-refractivity contribution in [2.45, 2.75) is 5.41 Å². The smallest absolute Gasteiger partial charge is 0.136 e. The predicted octanol–water partition coefficient (Wildman–Crippen LogP) is 18.1. The fourth-order valence-electron chi connectivity index (χ4n) is 12.0. The Bertz CT molecular complexity index is 3930. The van der Waals surface area contributed by atoms with E-state index in [4.69, 9.17) is 4.42 Å². The van der Waals surface area contributed by atoms with Crippen LogP contribution < -0.4 is 4.90 Å². The number of benzene rings is 11. The molecule has 0 N–H and O–H groups in total. The van der Waals surface area contributed by atoms with Crippen molar-refractivity contribution in [3.63, 3.8) is 0 Å². The summed E-state index contributed by atoms with van der Waals surface area (Å²) in [7, 11) is 0. The second kappa shape index (κ2) is 15.6. The van der Waals surface area contributed by atoms with Gasteiger partial charge in [0.15, 0.2) is 0 Å². The third kappa shape index (κ3) is 5.79. The second-order valence-corrected chi connectivity index (χ2v) is 18.2. The van der Waals surface area contributed by atoms with Gasteiger partial charge >= 0.3 is 0 Å². The molecule has 0 amide bonds. The van der Waals surface area contributed by atoms with Crippen molar-refractivity contribution in [3.05, 3.63) is 283 Å². The molecule has 0 atom stereocenters. The number of nitrogens with zero attached hydrogens (tertiary/aromatic N) is 1. The van der Waals surface area contributed by atoms with Crippen molar-refractivity contribution < 1.29 is 4.42 Å². The Kier molecular flexibility index (Phi) is 8.84. The molecule has 2 nitrogen and oxygen atoms in total. The molecule has 2 heteroatoms. The van der Waals surface area contributed by atoms with Crippen LogP contribution in [0.2, 0.25) is 0 Å². The maximum atomic E-state index is 6.37. The van der Waals surface area contributed by atoms with Crippen LogP contribution in [0.1, 0.15) is 22.3 Å². The zero-order valence-electron chi connectivity index (χ0n) is 37.7. The summed E-state index contributed by atoms with van der Waals surface area (Å²) in [5.74, 6) is 0. The lowest BCUT2D eigenvalue weighted by molar-refractivity contribution is 0.669. The molecule has 322 valence electrons. The van der Waals surface area contributed by atoms with Crippen LogP contribution in [-0.4, -0.2) is 0 Å². The van der Waals surface area contributed by atoms with E-state index in [0.29, 0.717) is 0 Å². The van der Waals surface area contributed by atoms with Crippen LogP contribution in [0.3, 0.4) is 0 Å². The molecule has 2 aliphatic carbocycles. The highest BCUT2D eigenvalue weighted by atomic mass is 16.3. The Labute approximate surface area is 401 Å². The van der Waals surface area contributed by atoms with Gasteiger partial charge in [-0.05, 0) is 114 Å². The Hall–Kier alpha value is -8.98. The second-order valence-electron chi connectivity index (χ2n) is 18.2. The minimum Gasteiger partial charge on any atom is -0.456 e. The zero-order valence-corrected chi connectivity index (χ0v) is 37.7. The molecule has 0 bridgehead atoms. The maximum absolute atomic E-state index is 6.37. The number of hydrogen-bond acceptors (Lipinski definition) is 2. The Morgan fingerprint density at radius 1 is 0.275 bits per heavy atom. The summed E-state index contributed by atoms with van der Waals surface area (Å²) in [6.07, 6.45) is 0. The van der Waals surface area contributed by atoms with Gasteiger partial charge in [0.1, 0.15) is 11.2 Å². The van der Waals surface area contributed by atoms with Gasteiger partial charge in [0.25, 0.3) is 0 Å². The minimum atomic E-state index is -0.482. The Morgan fingerprint density at radius 2 is 0.725 bits per heavy atom. The first-order valence-corrected chi connectivity index (χ1v) is 23.8. The van der Waals surface area contributed by atoms with Gasteiger partial charge in [-0.2, -0.15) is 0 Å². The zero-order chi connectivity index (χ0) is 45.5. The topological polar surface area (TPSA) is 16.4 Å². The number of rotatable bonds is 7. The number of fused-ring (bicyclic) bond motifs is 13. The van der Waals surface area contributed by atoms with E-state index in [2.05, 4.69) is 260 Å². The first-order chi connectivity index (χ1) is 34.3. The number of hydrogen-bond donors (Lipinski definition) is 0. The molecule has 12 aromatic rings. The van der Waals surface area contributed by atoms with Crippen molar-refractivity contribution >= 4 is 39.0 Å². The summed E-state index contributed by atoms with van der Waals surface area (Å²) in [5.41, 5.74) is 24.3. The van der Waals surface area contributed by atoms with Crippen LogP contribution in [0.15, 0.2) is 265 Å². The molecular formula is C67H43NO. The van der Waals surface area contributed by atoms with Crippen LogP contribution >= 0.6 is 0 Å². The van der Waals surface area contributed by atoms with Gasteiger partial charge in [-0.1, -0.05) is 224 Å². The quantitative estimate of drug-likeness (QED) is 0.159. The monoisotopic (exact) mass is 877 g/mol. The summed E-state index contributed by atoms with van der Waals surface area (Å²) >= 11 is 0. The highest BCUT2D eigenvalue weighted by molar-refractivity contribution is 6.12. The predicted molar refractivity (Wildman–Crippen MR) is 286 cm³/mol. The molecule has 1 aromatic heterocycles. The van der Waals surface area contributed by atoms with Gasteiger partial charge in [0, 0.05) is 27.6 Å². The molecule has 1 spiro atoms. The molecule has 0 saturated heterocycles. The first kappa shape index (κ1) is 39.2. The molecular weight excluding hydrogens is 835 g/mol. The van der Waals surface area contributed by atoms with E-state index in [0.717, 1.165) is 55.7 Å². The van der Waals surface area contributed by atoms with Gasteiger partial charge in [0.05, 0.1) is 16.8 Å². The van der Waals surface area contributed by atoms with Gasteiger partial charge in [-0.3, -0.25) is 0 Å². The molecule has 14 rings (SSSR count). The van der Waals surface area contributed by atoms with Crippen molar-refractivity contribution in [1.29, 1.82) is 0 Å². The number of anilines is 3. The fraction of sp³-hybridized carbons (Fsp3) is 0.0149. The van der Waals surface area contributed by atoms with Crippen molar-refractivity contribution in [3.8, 4) is 66.8 Å². The largest absolute Gasteiger partial charge is 0.456 e. The standard InChI is InChI=1S/C67H43NO/c1-2-20-44(21-3-1)47-22-4-5-23-49(47)50-24-6-7-25-51(50)54-28-11-16-36-61(54)68(46-42-40-45(41-43-46)48-31-18-39-64-65(48)56-30-12-17-38-63(56)69-64)62-37-19-35-60-66(62)55-29-10-15-34-59(55)67(60)57-32-13-8-26-52(57)53-27-9-14-33-58(53)67/h1-43H. The summed E-state index contributed by atoms with van der Waals surface area (Å²) < 4.78 is 6.37. The van der Waals surface area contributed by atoms with E-state index in [9.17, 15) is 0 Å². The van der Waals surface area contributed by atoms with Crippen LogP contribution in [0.4, 0.5) is 17.1 Å². The van der Waals surface area contributed by atoms with E-state index in [-0.39, 0.29) is 0 Å². The van der Waals surface area contributed by atoms with Crippen LogP contribution in [-0.2, 0) is 5.41 Å². The molecule has 11 aromatic carbocycles. The maximum Gasteiger partial charge on any atom is 0.136 e. The first-order valence-electron chi connectivity index (χ1n) is 23.8. The van der Waals surface area contributed by atoms with Crippen molar-refractivity contribution in [1.82, 2.24) is 0 Å². The van der Waals surface area contributed by atoms with E-state index in [1.165, 1.54) is 72.3 Å². The molecule has 0 aliphatic heterocycles. The average molecular weight is 878 g/mol. The third-order valence-corrected chi connectivity index (χ3v) is 14.7. The van der Waals surface area contributed by atoms with E-state index in [1.807, 2.05) is 6.07 Å². The molecule has 2 aliphatic rings. The highest BCUT2D eigenvalue weighted by Crippen LogP contribution is 2.65. The number of furan rings is 1. The SMILES string of the molecule is c1ccc(-c2ccccc2-c2ccccc2-c2ccccc2N(c2ccc(-c3cccc4oc5ccccc5c34)cc2)c2cccc3c2-c2ccccc2C32c3ccccc3-c3ccccc32)cc1. The Balaban J connectivity index is 1.02. The van der Waals surface area contributed by atoms with Crippen LogP contribution in [0.25, 0.3) is 88.7 Å². The normalized spacial score (nSPS) is 12.8. The molecule has 69 heavy (non-hydrogen) atoms. The molecule has 0 fully saturated rings. The molecule has 0 unspecified atom stereocenters. The Morgan fingerprint density at radius 3 is 1.43 bits per heavy atom. The lowest BCUT2D eigenvalue weighted by Crippen LogP contribution is -2.26. The summed E-state index contributed by atoms with van der Waals surface area (Å²) in [4.78, 5) is 2.52. The van der Waals surface area contributed by atoms with Gasteiger partial charge in [-0.15, -0.1) is 0 Å². The fourth-order valence-corrected chi connectivity index (χ4v) is 12.0. The van der Waals surface area contributed by atoms with Crippen LogP contribution in [0.5, 0.6) is 0 Å². The third-order valence-electron chi connectivity index (χ3n) is 14.7. The molecule has 1 heterocycles. The lowest BCUT2D eigenvalue weighted by atomic mass is 9.70. The minimum absolute atomic E-state index is 0.482. The van der Waals surface area contributed by atoms with Crippen LogP contribution in [0, 0.1) is 0 Å². The van der Waals surface area contributed by atoms with Gasteiger partial charge in [0.2, 0.25) is 0 Å². The molecule has 0 saturated carbocycles. The number of para-hydroxylation sites is 2. The summed E-state index contributed by atoms with van der Waals surface area (Å²) in [6, 6.07) is 95.6. The summed E-state index contributed by atoms with van der Waals surface area (Å²) in [5, 5.41) is 2.26. The van der Waals surface area contributed by atoms with Crippen molar-refractivity contribution in [2.75, 3.05) is 4.90 Å². The van der Waals surface area contributed by atoms with E-state index < -0.39 is 5.41 Å². The van der Waals surface area contributed by atoms with Gasteiger partial charge in [-0.25, -0.2) is 0 Å². The summed E-state index contributed by atoms with van der Waals surface area (Å²) in [6.45, 7) is 0. The van der Waals surface area contributed by atoms with E-state index >= 15 is 0 Å².